The first-order valence-corrected chi connectivity index (χ1v) is 5.44. The summed E-state index contributed by atoms with van der Waals surface area (Å²) in [5, 5.41) is 8.69. The highest BCUT2D eigenvalue weighted by Gasteiger charge is 2.16. The maximum Gasteiger partial charge on any atom is 0.180 e. The zero-order chi connectivity index (χ0) is 12.3. The first-order chi connectivity index (χ1) is 7.35. The third kappa shape index (κ3) is 3.19. The molecular weight excluding hydrogens is 275 g/mol. The zero-order valence-corrected chi connectivity index (χ0v) is 10.6. The van der Waals surface area contributed by atoms with Crippen LogP contribution in [-0.2, 0) is 0 Å². The Labute approximate surface area is 102 Å². The molecule has 0 fully saturated rings. The summed E-state index contributed by atoms with van der Waals surface area (Å²) in [6.45, 7) is 3.76. The highest BCUT2D eigenvalue weighted by Crippen LogP contribution is 2.28. The Morgan fingerprint density at radius 1 is 1.56 bits per heavy atom. The standard InChI is InChI=1S/C11H12BrFN2O/c1-11(2,15)6-16-8-4-3-7(5-14)9(12)10(8)13/h3-4H,6,15H2,1-2H3. The minimum absolute atomic E-state index is 0.0874. The first-order valence-electron chi connectivity index (χ1n) is 4.65. The van der Waals surface area contributed by atoms with Crippen molar-refractivity contribution in [3.63, 3.8) is 0 Å². The molecule has 0 saturated carbocycles. The van der Waals surface area contributed by atoms with E-state index in [0.29, 0.717) is 0 Å². The van der Waals surface area contributed by atoms with E-state index in [9.17, 15) is 4.39 Å². The largest absolute Gasteiger partial charge is 0.489 e. The molecule has 2 N–H and O–H groups in total. The monoisotopic (exact) mass is 286 g/mol. The van der Waals surface area contributed by atoms with Gasteiger partial charge in [0.25, 0.3) is 0 Å². The van der Waals surface area contributed by atoms with E-state index in [2.05, 4.69) is 15.9 Å². The SMILES string of the molecule is CC(C)(N)COc1ccc(C#N)c(Br)c1F. The van der Waals surface area contributed by atoms with Crippen LogP contribution in [-0.4, -0.2) is 12.1 Å². The van der Waals surface area contributed by atoms with Crippen LogP contribution in [0.1, 0.15) is 19.4 Å². The number of rotatable bonds is 3. The minimum atomic E-state index is -0.580. The molecule has 0 bridgehead atoms. The van der Waals surface area contributed by atoms with Gasteiger partial charge >= 0.3 is 0 Å². The maximum atomic E-state index is 13.7. The van der Waals surface area contributed by atoms with Crippen LogP contribution in [0.2, 0.25) is 0 Å². The number of hydrogen-bond acceptors (Lipinski definition) is 3. The fraction of sp³-hybridized carbons (Fsp3) is 0.364. The molecule has 0 amide bonds. The Kier molecular flexibility index (Phi) is 3.89. The predicted octanol–water partition coefficient (Wildman–Crippen LogP) is 2.58. The normalized spacial score (nSPS) is 11.0. The average molecular weight is 287 g/mol. The van der Waals surface area contributed by atoms with Crippen molar-refractivity contribution in [2.45, 2.75) is 19.4 Å². The maximum absolute atomic E-state index is 13.7. The lowest BCUT2D eigenvalue weighted by Gasteiger charge is -2.19. The number of benzene rings is 1. The number of ether oxygens (including phenoxy) is 1. The van der Waals surface area contributed by atoms with Crippen LogP contribution in [0.25, 0.3) is 0 Å². The summed E-state index contributed by atoms with van der Waals surface area (Å²) in [5.41, 5.74) is 5.41. The number of nitriles is 1. The lowest BCUT2D eigenvalue weighted by Crippen LogP contribution is -2.38. The third-order valence-electron chi connectivity index (χ3n) is 1.77. The van der Waals surface area contributed by atoms with E-state index in [4.69, 9.17) is 15.7 Å². The van der Waals surface area contributed by atoms with Crippen LogP contribution < -0.4 is 10.5 Å². The van der Waals surface area contributed by atoms with E-state index < -0.39 is 11.4 Å². The molecule has 5 heteroatoms. The van der Waals surface area contributed by atoms with Crippen LogP contribution >= 0.6 is 15.9 Å². The van der Waals surface area contributed by atoms with Gasteiger partial charge < -0.3 is 10.5 Å². The van der Waals surface area contributed by atoms with Crippen molar-refractivity contribution in [3.05, 3.63) is 28.0 Å². The van der Waals surface area contributed by atoms with Crippen LogP contribution in [0.3, 0.4) is 0 Å². The number of nitrogens with two attached hydrogens (primary N) is 1. The molecule has 0 heterocycles. The second kappa shape index (κ2) is 4.81. The van der Waals surface area contributed by atoms with Gasteiger partial charge in [0.2, 0.25) is 0 Å². The smallest absolute Gasteiger partial charge is 0.180 e. The summed E-state index contributed by atoms with van der Waals surface area (Å²) in [6.07, 6.45) is 0. The molecular formula is C11H12BrFN2O. The van der Waals surface area contributed by atoms with E-state index in [-0.39, 0.29) is 22.4 Å². The summed E-state index contributed by atoms with van der Waals surface area (Å²) in [4.78, 5) is 0. The fourth-order valence-electron chi connectivity index (χ4n) is 0.993. The quantitative estimate of drug-likeness (QED) is 0.929. The molecule has 16 heavy (non-hydrogen) atoms. The molecule has 86 valence electrons. The number of halogens is 2. The van der Waals surface area contributed by atoms with Crippen molar-refractivity contribution in [3.8, 4) is 11.8 Å². The topological polar surface area (TPSA) is 59.0 Å². The lowest BCUT2D eigenvalue weighted by atomic mass is 10.1. The molecule has 1 aromatic carbocycles. The molecule has 1 rings (SSSR count). The van der Waals surface area contributed by atoms with Gasteiger partial charge in [-0.3, -0.25) is 0 Å². The van der Waals surface area contributed by atoms with Gasteiger partial charge in [0.15, 0.2) is 11.6 Å². The van der Waals surface area contributed by atoms with E-state index in [1.165, 1.54) is 12.1 Å². The van der Waals surface area contributed by atoms with Crippen LogP contribution in [0, 0.1) is 17.1 Å². The molecule has 0 saturated heterocycles. The third-order valence-corrected chi connectivity index (χ3v) is 2.54. The predicted molar refractivity (Wildman–Crippen MR) is 62.6 cm³/mol. The van der Waals surface area contributed by atoms with E-state index >= 15 is 0 Å². The molecule has 0 unspecified atom stereocenters. The Balaban J connectivity index is 2.92. The summed E-state index contributed by atoms with van der Waals surface area (Å²) >= 11 is 3.00. The molecule has 0 aliphatic carbocycles. The van der Waals surface area contributed by atoms with Crippen molar-refractivity contribution in [1.29, 1.82) is 5.26 Å². The van der Waals surface area contributed by atoms with Crippen molar-refractivity contribution >= 4 is 15.9 Å². The first kappa shape index (κ1) is 12.9. The van der Waals surface area contributed by atoms with Gasteiger partial charge in [0.05, 0.1) is 10.0 Å². The summed E-state index contributed by atoms with van der Waals surface area (Å²) < 4.78 is 19.0. The average Bonchev–Trinajstić information content (AvgIpc) is 2.19. The van der Waals surface area contributed by atoms with Crippen molar-refractivity contribution in [2.24, 2.45) is 5.73 Å². The van der Waals surface area contributed by atoms with Gasteiger partial charge in [0, 0.05) is 5.54 Å². The molecule has 0 aliphatic heterocycles. The Morgan fingerprint density at radius 2 is 2.19 bits per heavy atom. The van der Waals surface area contributed by atoms with E-state index in [1.807, 2.05) is 6.07 Å². The van der Waals surface area contributed by atoms with Crippen molar-refractivity contribution in [2.75, 3.05) is 6.61 Å². The minimum Gasteiger partial charge on any atom is -0.489 e. The van der Waals surface area contributed by atoms with Gasteiger partial charge in [-0.25, -0.2) is 4.39 Å². The number of hydrogen-bond donors (Lipinski definition) is 1. The highest BCUT2D eigenvalue weighted by molar-refractivity contribution is 9.10. The van der Waals surface area contributed by atoms with Gasteiger partial charge in [-0.05, 0) is 41.9 Å². The molecule has 0 radical (unpaired) electrons. The van der Waals surface area contributed by atoms with Gasteiger partial charge in [0.1, 0.15) is 12.7 Å². The second-order valence-corrected chi connectivity index (χ2v) is 4.92. The zero-order valence-electron chi connectivity index (χ0n) is 9.05. The Morgan fingerprint density at radius 3 is 2.69 bits per heavy atom. The van der Waals surface area contributed by atoms with Crippen LogP contribution in [0.4, 0.5) is 4.39 Å². The van der Waals surface area contributed by atoms with Crippen LogP contribution in [0.15, 0.2) is 16.6 Å². The van der Waals surface area contributed by atoms with Crippen molar-refractivity contribution in [1.82, 2.24) is 0 Å². The summed E-state index contributed by atoms with van der Waals surface area (Å²) in [5.74, 6) is -0.493. The highest BCUT2D eigenvalue weighted by atomic mass is 79.9. The van der Waals surface area contributed by atoms with Gasteiger partial charge in [-0.15, -0.1) is 0 Å². The summed E-state index contributed by atoms with van der Waals surface area (Å²) in [6, 6.07) is 4.78. The molecule has 0 atom stereocenters. The molecule has 0 aliphatic rings. The number of nitrogens with zero attached hydrogens (tertiary/aromatic N) is 1. The van der Waals surface area contributed by atoms with Gasteiger partial charge in [-0.2, -0.15) is 5.26 Å². The van der Waals surface area contributed by atoms with E-state index in [1.54, 1.807) is 13.8 Å². The lowest BCUT2D eigenvalue weighted by molar-refractivity contribution is 0.233. The fourth-order valence-corrected chi connectivity index (χ4v) is 1.41. The van der Waals surface area contributed by atoms with Crippen LogP contribution in [0.5, 0.6) is 5.75 Å². The second-order valence-electron chi connectivity index (χ2n) is 4.13. The Bertz CT molecular complexity index is 435. The Hall–Kier alpha value is -1.12. The van der Waals surface area contributed by atoms with Gasteiger partial charge in [-0.1, -0.05) is 0 Å². The van der Waals surface area contributed by atoms with Crippen molar-refractivity contribution < 1.29 is 9.13 Å². The molecule has 0 aromatic heterocycles. The molecule has 0 spiro atoms. The summed E-state index contributed by atoms with van der Waals surface area (Å²) in [7, 11) is 0. The molecule has 3 nitrogen and oxygen atoms in total. The van der Waals surface area contributed by atoms with E-state index in [0.717, 1.165) is 0 Å². The molecule has 1 aromatic rings.